The highest BCUT2D eigenvalue weighted by molar-refractivity contribution is 14.1. The summed E-state index contributed by atoms with van der Waals surface area (Å²) >= 11 is 2.05. The van der Waals surface area contributed by atoms with Crippen molar-refractivity contribution in [1.82, 2.24) is 24.3 Å². The minimum atomic E-state index is -0.966. The molecular weight excluding hydrogens is 455 g/mol. The predicted molar refractivity (Wildman–Crippen MR) is 98.7 cm³/mol. The van der Waals surface area contributed by atoms with Crippen LogP contribution in [0.5, 0.6) is 0 Å². The molecular formula is C17H10F2IN5O. The second-order valence-corrected chi connectivity index (χ2v) is 6.84. The first-order chi connectivity index (χ1) is 12.5. The van der Waals surface area contributed by atoms with Gasteiger partial charge in [0.1, 0.15) is 11.5 Å². The van der Waals surface area contributed by atoms with E-state index in [2.05, 4.69) is 19.9 Å². The van der Waals surface area contributed by atoms with Gasteiger partial charge in [0.15, 0.2) is 11.5 Å². The lowest BCUT2D eigenvalue weighted by Gasteiger charge is -2.08. The van der Waals surface area contributed by atoms with Crippen LogP contribution in [-0.4, -0.2) is 24.3 Å². The number of hydrogen-bond donors (Lipinski definition) is 1. The summed E-state index contributed by atoms with van der Waals surface area (Å²) in [5.74, 6) is -1.15. The maximum Gasteiger partial charge on any atom is 0.287 e. The third-order valence-electron chi connectivity index (χ3n) is 3.74. The van der Waals surface area contributed by atoms with Crippen LogP contribution in [0.4, 0.5) is 8.78 Å². The van der Waals surface area contributed by atoms with Crippen LogP contribution in [0.25, 0.3) is 17.2 Å². The van der Waals surface area contributed by atoms with Gasteiger partial charge in [-0.1, -0.05) is 0 Å². The molecule has 0 fully saturated rings. The fourth-order valence-electron chi connectivity index (χ4n) is 2.65. The molecule has 0 aliphatic rings. The van der Waals surface area contributed by atoms with Gasteiger partial charge < -0.3 is 9.38 Å². The molecule has 6 nitrogen and oxygen atoms in total. The fraction of sp³-hybridized carbons (Fsp3) is 0.0588. The molecule has 3 heterocycles. The van der Waals surface area contributed by atoms with Crippen molar-refractivity contribution < 1.29 is 8.78 Å². The molecule has 130 valence electrons. The molecule has 26 heavy (non-hydrogen) atoms. The standard InChI is InChI=1S/C17H10F2IN5O/c18-10-3-9(4-11(20)6-10)5-13-16-21-1-2-25(16)8-14(23-13)15-22-7-12(19)17(26)24-15/h1-4,6-8H,5H2,(H,22,24,26). The Balaban J connectivity index is 1.84. The number of H-pyrrole nitrogens is 1. The lowest BCUT2D eigenvalue weighted by molar-refractivity contribution is 0.601. The largest absolute Gasteiger partial charge is 0.303 e. The van der Waals surface area contributed by atoms with Crippen molar-refractivity contribution >= 4 is 28.2 Å². The average molecular weight is 465 g/mol. The van der Waals surface area contributed by atoms with Gasteiger partial charge in [0.2, 0.25) is 5.82 Å². The first kappa shape index (κ1) is 16.8. The van der Waals surface area contributed by atoms with E-state index in [9.17, 15) is 13.6 Å². The van der Waals surface area contributed by atoms with E-state index in [1.807, 2.05) is 28.7 Å². The molecule has 0 amide bonds. The highest BCUT2D eigenvalue weighted by Crippen LogP contribution is 2.20. The number of hydrogen-bond acceptors (Lipinski definition) is 4. The van der Waals surface area contributed by atoms with Crippen LogP contribution in [0, 0.1) is 15.2 Å². The number of nitrogens with one attached hydrogen (secondary N) is 1. The summed E-state index contributed by atoms with van der Waals surface area (Å²) in [7, 11) is 0. The molecule has 4 rings (SSSR count). The number of aromatic amines is 1. The summed E-state index contributed by atoms with van der Waals surface area (Å²) in [6.45, 7) is 0. The zero-order valence-corrected chi connectivity index (χ0v) is 15.2. The Hall–Kier alpha value is -2.69. The molecule has 0 saturated carbocycles. The second kappa shape index (κ2) is 6.56. The fourth-order valence-corrected chi connectivity index (χ4v) is 3.34. The van der Waals surface area contributed by atoms with Gasteiger partial charge in [-0.15, -0.1) is 0 Å². The van der Waals surface area contributed by atoms with Crippen LogP contribution >= 0.6 is 22.6 Å². The SMILES string of the molecule is O=c1[nH]c(-c2cn3ccnc3c(Cc3cc(F)cc(I)c3)n2)ncc1F. The summed E-state index contributed by atoms with van der Waals surface area (Å²) in [5, 5.41) is 0. The van der Waals surface area contributed by atoms with Crippen molar-refractivity contribution in [2.24, 2.45) is 0 Å². The Morgan fingerprint density at radius 1 is 1.19 bits per heavy atom. The third kappa shape index (κ3) is 3.21. The van der Waals surface area contributed by atoms with E-state index >= 15 is 0 Å². The van der Waals surface area contributed by atoms with Crippen molar-refractivity contribution in [3.05, 3.63) is 79.8 Å². The molecule has 0 saturated heterocycles. The Kier molecular flexibility index (Phi) is 4.23. The highest BCUT2D eigenvalue weighted by Gasteiger charge is 2.13. The average Bonchev–Trinajstić information content (AvgIpc) is 3.05. The van der Waals surface area contributed by atoms with Crippen molar-refractivity contribution in [3.8, 4) is 11.5 Å². The molecule has 0 aliphatic heterocycles. The van der Waals surface area contributed by atoms with Crippen molar-refractivity contribution in [1.29, 1.82) is 0 Å². The number of imidazole rings is 1. The van der Waals surface area contributed by atoms with Crippen LogP contribution in [0.15, 0.2) is 47.8 Å². The molecule has 0 radical (unpaired) electrons. The van der Waals surface area contributed by atoms with Crippen LogP contribution < -0.4 is 5.56 Å². The van der Waals surface area contributed by atoms with Gasteiger partial charge in [0.05, 0.1) is 11.9 Å². The molecule has 0 aliphatic carbocycles. The third-order valence-corrected chi connectivity index (χ3v) is 4.36. The minimum Gasteiger partial charge on any atom is -0.303 e. The first-order valence-corrected chi connectivity index (χ1v) is 8.60. The van der Waals surface area contributed by atoms with Crippen LogP contribution in [-0.2, 0) is 6.42 Å². The van der Waals surface area contributed by atoms with E-state index in [0.717, 1.165) is 15.3 Å². The van der Waals surface area contributed by atoms with Crippen molar-refractivity contribution in [3.63, 3.8) is 0 Å². The van der Waals surface area contributed by atoms with Gasteiger partial charge in [-0.2, -0.15) is 4.39 Å². The highest BCUT2D eigenvalue weighted by atomic mass is 127. The predicted octanol–water partition coefficient (Wildman–Crippen LogP) is 2.95. The topological polar surface area (TPSA) is 75.9 Å². The number of halogens is 3. The summed E-state index contributed by atoms with van der Waals surface area (Å²) in [5.41, 5.74) is 1.42. The molecule has 1 aromatic carbocycles. The summed E-state index contributed by atoms with van der Waals surface area (Å²) in [4.78, 5) is 26.5. The monoisotopic (exact) mass is 465 g/mol. The van der Waals surface area contributed by atoms with Crippen molar-refractivity contribution in [2.75, 3.05) is 0 Å². The van der Waals surface area contributed by atoms with Gasteiger partial charge in [-0.05, 0) is 46.4 Å². The molecule has 4 aromatic rings. The summed E-state index contributed by atoms with van der Waals surface area (Å²) in [6, 6.07) is 4.73. The lowest BCUT2D eigenvalue weighted by atomic mass is 10.1. The summed E-state index contributed by atoms with van der Waals surface area (Å²) in [6.07, 6.45) is 6.16. The maximum atomic E-state index is 13.7. The van der Waals surface area contributed by atoms with E-state index in [1.165, 1.54) is 12.1 Å². The Morgan fingerprint density at radius 3 is 2.81 bits per heavy atom. The number of nitrogens with zero attached hydrogens (tertiary/aromatic N) is 4. The van der Waals surface area contributed by atoms with Gasteiger partial charge >= 0.3 is 0 Å². The zero-order valence-electron chi connectivity index (χ0n) is 13.1. The Morgan fingerprint density at radius 2 is 2.04 bits per heavy atom. The van der Waals surface area contributed by atoms with Gasteiger partial charge in [-0.25, -0.2) is 19.3 Å². The first-order valence-electron chi connectivity index (χ1n) is 7.52. The zero-order chi connectivity index (χ0) is 18.3. The van der Waals surface area contributed by atoms with E-state index in [0.29, 0.717) is 23.5 Å². The van der Waals surface area contributed by atoms with E-state index in [-0.39, 0.29) is 11.6 Å². The molecule has 9 heteroatoms. The molecule has 0 spiro atoms. The number of benzene rings is 1. The lowest BCUT2D eigenvalue weighted by Crippen LogP contribution is -2.13. The van der Waals surface area contributed by atoms with Crippen LogP contribution in [0.3, 0.4) is 0 Å². The molecule has 0 bridgehead atoms. The van der Waals surface area contributed by atoms with E-state index in [4.69, 9.17) is 0 Å². The quantitative estimate of drug-likeness (QED) is 0.473. The minimum absolute atomic E-state index is 0.141. The maximum absolute atomic E-state index is 13.7. The summed E-state index contributed by atoms with van der Waals surface area (Å²) < 4.78 is 29.4. The molecule has 0 unspecified atom stereocenters. The number of fused-ring (bicyclic) bond motifs is 1. The Labute approximate surface area is 159 Å². The van der Waals surface area contributed by atoms with E-state index in [1.54, 1.807) is 23.0 Å². The molecule has 0 atom stereocenters. The smallest absolute Gasteiger partial charge is 0.287 e. The van der Waals surface area contributed by atoms with Crippen LogP contribution in [0.1, 0.15) is 11.3 Å². The van der Waals surface area contributed by atoms with Gasteiger partial charge in [0.25, 0.3) is 5.56 Å². The van der Waals surface area contributed by atoms with E-state index < -0.39 is 11.4 Å². The number of aromatic nitrogens is 5. The molecule has 1 N–H and O–H groups in total. The normalized spacial score (nSPS) is 11.2. The van der Waals surface area contributed by atoms with Crippen molar-refractivity contribution in [2.45, 2.75) is 6.42 Å². The second-order valence-electron chi connectivity index (χ2n) is 5.59. The van der Waals surface area contributed by atoms with Gasteiger partial charge in [-0.3, -0.25) is 4.79 Å². The number of rotatable bonds is 3. The van der Waals surface area contributed by atoms with Crippen LogP contribution in [0.2, 0.25) is 0 Å². The Bertz CT molecular complexity index is 1170. The van der Waals surface area contributed by atoms with Gasteiger partial charge in [0, 0.05) is 28.6 Å². The molecule has 3 aromatic heterocycles.